The lowest BCUT2D eigenvalue weighted by Crippen LogP contribution is -2.62. The average molecular weight is 247 g/mol. The number of amides is 1. The van der Waals surface area contributed by atoms with Gasteiger partial charge in [0.1, 0.15) is 0 Å². The predicted octanol–water partition coefficient (Wildman–Crippen LogP) is 1.54. The second-order valence-corrected chi connectivity index (χ2v) is 5.35. The molecule has 1 aromatic carbocycles. The first-order valence-corrected chi connectivity index (χ1v) is 6.33. The van der Waals surface area contributed by atoms with Crippen molar-refractivity contribution in [3.63, 3.8) is 0 Å². The molecule has 4 nitrogen and oxygen atoms in total. The summed E-state index contributed by atoms with van der Waals surface area (Å²) in [5, 5.41) is 2.91. The zero-order valence-corrected chi connectivity index (χ0v) is 11.2. The highest BCUT2D eigenvalue weighted by molar-refractivity contribution is 5.86. The fourth-order valence-electron chi connectivity index (χ4n) is 2.59. The van der Waals surface area contributed by atoms with E-state index in [1.807, 2.05) is 32.0 Å². The molecule has 3 N–H and O–H groups in total. The maximum atomic E-state index is 12.0. The van der Waals surface area contributed by atoms with Crippen molar-refractivity contribution in [2.75, 3.05) is 18.8 Å². The van der Waals surface area contributed by atoms with Crippen LogP contribution in [0.1, 0.15) is 32.4 Å². The van der Waals surface area contributed by atoms with Gasteiger partial charge < -0.3 is 11.1 Å². The number of carbonyl (C=O) groups excluding carboxylic acids is 1. The Labute approximate surface area is 108 Å². The molecule has 1 saturated heterocycles. The topological polar surface area (TPSA) is 58.4 Å². The molecular formula is C14H21N3O. The van der Waals surface area contributed by atoms with Crippen LogP contribution >= 0.6 is 0 Å². The van der Waals surface area contributed by atoms with Gasteiger partial charge >= 0.3 is 0 Å². The number of nitrogens with two attached hydrogens (primary N) is 1. The second-order valence-electron chi connectivity index (χ2n) is 5.35. The van der Waals surface area contributed by atoms with Gasteiger partial charge in [0.25, 0.3) is 0 Å². The van der Waals surface area contributed by atoms with Gasteiger partial charge in [-0.1, -0.05) is 12.1 Å². The van der Waals surface area contributed by atoms with Crippen LogP contribution in [0.15, 0.2) is 24.3 Å². The van der Waals surface area contributed by atoms with E-state index in [9.17, 15) is 4.79 Å². The van der Waals surface area contributed by atoms with Crippen molar-refractivity contribution in [3.8, 4) is 0 Å². The maximum absolute atomic E-state index is 12.0. The molecule has 1 aromatic rings. The molecule has 2 rings (SSSR count). The van der Waals surface area contributed by atoms with Crippen molar-refractivity contribution in [1.82, 2.24) is 10.2 Å². The Morgan fingerprint density at radius 2 is 2.17 bits per heavy atom. The van der Waals surface area contributed by atoms with Crippen LogP contribution in [0.4, 0.5) is 5.69 Å². The summed E-state index contributed by atoms with van der Waals surface area (Å²) in [4.78, 5) is 14.2. The Balaban J connectivity index is 2.27. The summed E-state index contributed by atoms with van der Waals surface area (Å²) in [6, 6.07) is 8.05. The number of hydrogen-bond donors (Lipinski definition) is 2. The van der Waals surface area contributed by atoms with Crippen LogP contribution < -0.4 is 11.1 Å². The van der Waals surface area contributed by atoms with Crippen molar-refractivity contribution < 1.29 is 4.79 Å². The summed E-state index contributed by atoms with van der Waals surface area (Å²) in [5.41, 5.74) is 7.25. The van der Waals surface area contributed by atoms with Crippen LogP contribution in [-0.4, -0.2) is 29.4 Å². The lowest BCUT2D eigenvalue weighted by molar-refractivity contribution is -0.136. The minimum Gasteiger partial charge on any atom is -0.399 e. The Hall–Kier alpha value is -1.55. The number of nitrogen functional groups attached to an aromatic ring is 1. The lowest BCUT2D eigenvalue weighted by Gasteiger charge is -2.44. The minimum absolute atomic E-state index is 0.0875. The third-order valence-corrected chi connectivity index (χ3v) is 3.77. The molecule has 0 radical (unpaired) electrons. The molecular weight excluding hydrogens is 226 g/mol. The van der Waals surface area contributed by atoms with Crippen molar-refractivity contribution in [1.29, 1.82) is 0 Å². The van der Waals surface area contributed by atoms with Crippen LogP contribution in [0.2, 0.25) is 0 Å². The second kappa shape index (κ2) is 4.61. The zero-order chi connectivity index (χ0) is 13.3. The minimum atomic E-state index is -0.484. The van der Waals surface area contributed by atoms with Crippen molar-refractivity contribution >= 4 is 11.6 Å². The Kier molecular flexibility index (Phi) is 3.30. The summed E-state index contributed by atoms with van der Waals surface area (Å²) in [6.07, 6.45) is 0. The van der Waals surface area contributed by atoms with Crippen LogP contribution in [0.5, 0.6) is 0 Å². The number of nitrogens with zero attached hydrogens (tertiary/aromatic N) is 1. The standard InChI is InChI=1S/C14H21N3O/c1-10(11-5-4-6-12(15)9-11)17-8-7-16-13(18)14(17,2)3/h4-6,9-10H,7-8,15H2,1-3H3,(H,16,18). The largest absolute Gasteiger partial charge is 0.399 e. The molecule has 1 aliphatic rings. The number of carbonyl (C=O) groups is 1. The monoisotopic (exact) mass is 247 g/mol. The number of nitrogens with one attached hydrogen (secondary N) is 1. The first kappa shape index (κ1) is 12.9. The van der Waals surface area contributed by atoms with E-state index in [2.05, 4.69) is 23.2 Å². The summed E-state index contributed by atoms with van der Waals surface area (Å²) in [5.74, 6) is 0.0875. The van der Waals surface area contributed by atoms with E-state index >= 15 is 0 Å². The molecule has 0 aromatic heterocycles. The summed E-state index contributed by atoms with van der Waals surface area (Å²) in [6.45, 7) is 7.60. The Morgan fingerprint density at radius 3 is 2.83 bits per heavy atom. The van der Waals surface area contributed by atoms with Gasteiger partial charge in [-0.05, 0) is 38.5 Å². The van der Waals surface area contributed by atoms with Crippen LogP contribution in [0, 0.1) is 0 Å². The van der Waals surface area contributed by atoms with Crippen molar-refractivity contribution in [2.45, 2.75) is 32.4 Å². The number of piperazine rings is 1. The Bertz CT molecular complexity index is 456. The summed E-state index contributed by atoms with van der Waals surface area (Å²) >= 11 is 0. The van der Waals surface area contributed by atoms with Gasteiger partial charge in [-0.3, -0.25) is 9.69 Å². The van der Waals surface area contributed by atoms with E-state index in [1.165, 1.54) is 0 Å². The number of rotatable bonds is 2. The van der Waals surface area contributed by atoms with Crippen LogP contribution in [0.3, 0.4) is 0 Å². The first-order valence-electron chi connectivity index (χ1n) is 6.33. The number of anilines is 1. The normalized spacial score (nSPS) is 21.4. The zero-order valence-electron chi connectivity index (χ0n) is 11.2. The van der Waals surface area contributed by atoms with E-state index in [4.69, 9.17) is 5.73 Å². The third kappa shape index (κ3) is 2.20. The first-order chi connectivity index (χ1) is 8.43. The van der Waals surface area contributed by atoms with Gasteiger partial charge in [-0.15, -0.1) is 0 Å². The van der Waals surface area contributed by atoms with Crippen molar-refractivity contribution in [2.24, 2.45) is 0 Å². The highest BCUT2D eigenvalue weighted by atomic mass is 16.2. The van der Waals surface area contributed by atoms with E-state index in [0.717, 1.165) is 17.8 Å². The van der Waals surface area contributed by atoms with E-state index in [0.29, 0.717) is 6.54 Å². The Morgan fingerprint density at radius 1 is 1.44 bits per heavy atom. The average Bonchev–Trinajstić information content (AvgIpc) is 2.32. The molecule has 1 atom stereocenters. The molecule has 4 heteroatoms. The van der Waals surface area contributed by atoms with Crippen molar-refractivity contribution in [3.05, 3.63) is 29.8 Å². The fourth-order valence-corrected chi connectivity index (χ4v) is 2.59. The van der Waals surface area contributed by atoms with Gasteiger partial charge in [0.2, 0.25) is 5.91 Å². The molecule has 0 aliphatic carbocycles. The molecule has 1 fully saturated rings. The molecule has 0 spiro atoms. The highest BCUT2D eigenvalue weighted by Crippen LogP contribution is 2.30. The smallest absolute Gasteiger partial charge is 0.240 e. The quantitative estimate of drug-likeness (QED) is 0.779. The van der Waals surface area contributed by atoms with E-state index < -0.39 is 5.54 Å². The maximum Gasteiger partial charge on any atom is 0.240 e. The number of benzene rings is 1. The lowest BCUT2D eigenvalue weighted by atomic mass is 9.94. The molecule has 1 heterocycles. The molecule has 0 saturated carbocycles. The fraction of sp³-hybridized carbons (Fsp3) is 0.500. The predicted molar refractivity (Wildman–Crippen MR) is 73.1 cm³/mol. The van der Waals surface area contributed by atoms with Gasteiger partial charge in [-0.2, -0.15) is 0 Å². The van der Waals surface area contributed by atoms with Gasteiger partial charge in [-0.25, -0.2) is 0 Å². The molecule has 0 bridgehead atoms. The summed E-state index contributed by atoms with van der Waals surface area (Å²) in [7, 11) is 0. The van der Waals surface area contributed by atoms with Gasteiger partial charge in [0.05, 0.1) is 5.54 Å². The molecule has 1 unspecified atom stereocenters. The summed E-state index contributed by atoms with van der Waals surface area (Å²) < 4.78 is 0. The molecule has 18 heavy (non-hydrogen) atoms. The van der Waals surface area contributed by atoms with E-state index in [-0.39, 0.29) is 11.9 Å². The van der Waals surface area contributed by atoms with Crippen LogP contribution in [0.25, 0.3) is 0 Å². The van der Waals surface area contributed by atoms with Crippen LogP contribution in [-0.2, 0) is 4.79 Å². The molecule has 1 amide bonds. The van der Waals surface area contributed by atoms with E-state index in [1.54, 1.807) is 0 Å². The van der Waals surface area contributed by atoms with Gasteiger partial charge in [0, 0.05) is 24.8 Å². The molecule has 1 aliphatic heterocycles. The molecule has 98 valence electrons. The number of hydrogen-bond acceptors (Lipinski definition) is 3. The van der Waals surface area contributed by atoms with Gasteiger partial charge in [0.15, 0.2) is 0 Å². The highest BCUT2D eigenvalue weighted by Gasteiger charge is 2.40. The third-order valence-electron chi connectivity index (χ3n) is 3.77. The SMILES string of the molecule is CC(c1cccc(N)c1)N1CCNC(=O)C1(C)C.